The predicted molar refractivity (Wildman–Crippen MR) is 122 cm³/mol. The number of para-hydroxylation sites is 1. The van der Waals surface area contributed by atoms with E-state index in [-0.39, 0.29) is 24.8 Å². The molecular weight excluding hydrogens is 394 g/mol. The van der Waals surface area contributed by atoms with Crippen LogP contribution in [0.25, 0.3) is 10.9 Å². The van der Waals surface area contributed by atoms with Crippen LogP contribution in [0.15, 0.2) is 42.5 Å². The van der Waals surface area contributed by atoms with Crippen molar-refractivity contribution in [2.75, 3.05) is 38.7 Å². The summed E-state index contributed by atoms with van der Waals surface area (Å²) >= 11 is 0. The minimum Gasteiger partial charge on any atom is -0.490 e. The average molecular weight is 424 g/mol. The number of carbonyl (C=O) groups excluding carboxylic acids is 2. The molecule has 0 aliphatic heterocycles. The molecule has 0 radical (unpaired) electrons. The van der Waals surface area contributed by atoms with Crippen LogP contribution in [0.2, 0.25) is 0 Å². The summed E-state index contributed by atoms with van der Waals surface area (Å²) in [4.78, 5) is 30.3. The summed E-state index contributed by atoms with van der Waals surface area (Å²) in [6.07, 6.45) is 0. The number of fused-ring (bicyclic) bond motifs is 1. The number of nitrogens with zero attached hydrogens (tertiary/aromatic N) is 1. The van der Waals surface area contributed by atoms with Crippen LogP contribution in [0.3, 0.4) is 0 Å². The fraction of sp³-hybridized carbons (Fsp3) is 0.333. The maximum atomic E-state index is 12.9. The van der Waals surface area contributed by atoms with Gasteiger partial charge in [0.15, 0.2) is 17.3 Å². The maximum absolute atomic E-state index is 12.9. The zero-order valence-electron chi connectivity index (χ0n) is 18.5. The van der Waals surface area contributed by atoms with E-state index in [4.69, 9.17) is 9.47 Å². The molecular formula is C24H29N3O4. The average Bonchev–Trinajstić information content (AvgIpc) is 3.05. The summed E-state index contributed by atoms with van der Waals surface area (Å²) in [6.45, 7) is 6.94. The van der Waals surface area contributed by atoms with Crippen molar-refractivity contribution in [3.63, 3.8) is 0 Å². The van der Waals surface area contributed by atoms with Crippen LogP contribution in [0.1, 0.15) is 29.9 Å². The molecule has 2 aromatic carbocycles. The number of aromatic nitrogens is 1. The van der Waals surface area contributed by atoms with Crippen molar-refractivity contribution >= 4 is 28.3 Å². The summed E-state index contributed by atoms with van der Waals surface area (Å²) < 4.78 is 11.1. The fourth-order valence-corrected chi connectivity index (χ4v) is 3.59. The Morgan fingerprint density at radius 2 is 1.71 bits per heavy atom. The van der Waals surface area contributed by atoms with E-state index in [1.165, 1.54) is 0 Å². The highest BCUT2D eigenvalue weighted by atomic mass is 16.5. The molecule has 0 aliphatic carbocycles. The molecule has 0 saturated heterocycles. The largest absolute Gasteiger partial charge is 0.490 e. The van der Waals surface area contributed by atoms with Crippen LogP contribution in [0, 0.1) is 6.92 Å². The third-order valence-electron chi connectivity index (χ3n) is 4.83. The van der Waals surface area contributed by atoms with Gasteiger partial charge in [0, 0.05) is 33.9 Å². The Morgan fingerprint density at radius 1 is 1.00 bits per heavy atom. The first kappa shape index (κ1) is 22.4. The number of ether oxygens (including phenoxy) is 2. The van der Waals surface area contributed by atoms with E-state index in [1.807, 2.05) is 45.0 Å². The van der Waals surface area contributed by atoms with Gasteiger partial charge < -0.3 is 19.8 Å². The molecule has 1 amide bonds. The minimum absolute atomic E-state index is 0.0232. The number of likely N-dealkylation sites (N-methyl/N-ethyl adjacent to an activating group) is 1. The first-order valence-electron chi connectivity index (χ1n) is 10.4. The molecule has 0 bridgehead atoms. The van der Waals surface area contributed by atoms with Crippen molar-refractivity contribution in [3.05, 3.63) is 53.7 Å². The molecule has 1 aromatic heterocycles. The quantitative estimate of drug-likeness (QED) is 0.481. The minimum atomic E-state index is -0.211. The molecule has 2 N–H and O–H groups in total. The Hall–Kier alpha value is -3.32. The lowest BCUT2D eigenvalue weighted by Crippen LogP contribution is -2.34. The van der Waals surface area contributed by atoms with Crippen LogP contribution < -0.4 is 14.8 Å². The lowest BCUT2D eigenvalue weighted by atomic mass is 10.1. The lowest BCUT2D eigenvalue weighted by Gasteiger charge is -2.17. The van der Waals surface area contributed by atoms with Gasteiger partial charge in [-0.2, -0.15) is 0 Å². The molecule has 164 valence electrons. The number of nitrogens with one attached hydrogen (secondary N) is 2. The van der Waals surface area contributed by atoms with Crippen molar-refractivity contribution in [1.82, 2.24) is 9.88 Å². The molecule has 0 spiro atoms. The standard InChI is InChI=1S/C24H29N3O4/c1-5-30-21-12-11-17(13-22(21)31-6-2)26-23(29)15-27(4)14-20(28)24-16(3)25-19-10-8-7-9-18(19)24/h7-13,25H,5-6,14-15H2,1-4H3,(H,26,29). The summed E-state index contributed by atoms with van der Waals surface area (Å²) in [5.41, 5.74) is 3.06. The monoisotopic (exact) mass is 423 g/mol. The van der Waals surface area contributed by atoms with Crippen LogP contribution in [-0.2, 0) is 4.79 Å². The molecule has 0 aliphatic rings. The van der Waals surface area contributed by atoms with E-state index in [2.05, 4.69) is 10.3 Å². The first-order valence-corrected chi connectivity index (χ1v) is 10.4. The molecule has 7 nitrogen and oxygen atoms in total. The van der Waals surface area contributed by atoms with Gasteiger partial charge in [0.1, 0.15) is 0 Å². The zero-order chi connectivity index (χ0) is 22.4. The van der Waals surface area contributed by atoms with Gasteiger partial charge in [0.2, 0.25) is 5.91 Å². The summed E-state index contributed by atoms with van der Waals surface area (Å²) in [7, 11) is 1.76. The van der Waals surface area contributed by atoms with Gasteiger partial charge in [-0.15, -0.1) is 0 Å². The number of anilines is 1. The fourth-order valence-electron chi connectivity index (χ4n) is 3.59. The molecule has 0 atom stereocenters. The van der Waals surface area contributed by atoms with E-state index in [1.54, 1.807) is 30.1 Å². The lowest BCUT2D eigenvalue weighted by molar-refractivity contribution is -0.116. The summed E-state index contributed by atoms with van der Waals surface area (Å²) in [5.74, 6) is 0.988. The SMILES string of the molecule is CCOc1ccc(NC(=O)CN(C)CC(=O)c2c(C)[nH]c3ccccc23)cc1OCC. The van der Waals surface area contributed by atoms with Crippen molar-refractivity contribution in [2.24, 2.45) is 0 Å². The van der Waals surface area contributed by atoms with Gasteiger partial charge in [-0.3, -0.25) is 14.5 Å². The Balaban J connectivity index is 1.62. The number of benzene rings is 2. The van der Waals surface area contributed by atoms with Gasteiger partial charge in [-0.1, -0.05) is 18.2 Å². The molecule has 7 heteroatoms. The maximum Gasteiger partial charge on any atom is 0.238 e. The van der Waals surface area contributed by atoms with Crippen LogP contribution in [-0.4, -0.2) is 54.9 Å². The highest BCUT2D eigenvalue weighted by Gasteiger charge is 2.18. The number of ketones is 1. The third-order valence-corrected chi connectivity index (χ3v) is 4.83. The predicted octanol–water partition coefficient (Wildman–Crippen LogP) is 4.03. The number of aryl methyl sites for hydroxylation is 1. The van der Waals surface area contributed by atoms with Gasteiger partial charge in [0.05, 0.1) is 26.3 Å². The first-order chi connectivity index (χ1) is 14.9. The molecule has 0 unspecified atom stereocenters. The second-order valence-electron chi connectivity index (χ2n) is 7.34. The van der Waals surface area contributed by atoms with E-state index in [0.29, 0.717) is 36.0 Å². The van der Waals surface area contributed by atoms with Crippen molar-refractivity contribution in [3.8, 4) is 11.5 Å². The van der Waals surface area contributed by atoms with Crippen molar-refractivity contribution in [1.29, 1.82) is 0 Å². The highest BCUT2D eigenvalue weighted by molar-refractivity contribution is 6.10. The van der Waals surface area contributed by atoms with Crippen molar-refractivity contribution < 1.29 is 19.1 Å². The molecule has 0 fully saturated rings. The second kappa shape index (κ2) is 10.1. The summed E-state index contributed by atoms with van der Waals surface area (Å²) in [5, 5.41) is 3.76. The number of rotatable bonds is 10. The second-order valence-corrected chi connectivity index (χ2v) is 7.34. The number of aromatic amines is 1. The van der Waals surface area contributed by atoms with Crippen LogP contribution in [0.5, 0.6) is 11.5 Å². The number of hydrogen-bond donors (Lipinski definition) is 2. The van der Waals surface area contributed by atoms with Gasteiger partial charge in [-0.25, -0.2) is 0 Å². The van der Waals surface area contributed by atoms with Gasteiger partial charge in [-0.05, 0) is 46.0 Å². The zero-order valence-corrected chi connectivity index (χ0v) is 18.5. The number of H-pyrrole nitrogens is 1. The van der Waals surface area contributed by atoms with E-state index in [9.17, 15) is 9.59 Å². The molecule has 0 saturated carbocycles. The number of hydrogen-bond acceptors (Lipinski definition) is 5. The Labute approximate surface area is 182 Å². The van der Waals surface area contributed by atoms with E-state index >= 15 is 0 Å². The molecule has 3 aromatic rings. The Bertz CT molecular complexity index is 1070. The normalized spacial score (nSPS) is 11.0. The molecule has 3 rings (SSSR count). The van der Waals surface area contributed by atoms with Gasteiger partial charge >= 0.3 is 0 Å². The van der Waals surface area contributed by atoms with Gasteiger partial charge in [0.25, 0.3) is 0 Å². The van der Waals surface area contributed by atoms with Crippen LogP contribution in [0.4, 0.5) is 5.69 Å². The summed E-state index contributed by atoms with van der Waals surface area (Å²) in [6, 6.07) is 13.0. The number of carbonyl (C=O) groups is 2. The third kappa shape index (κ3) is 5.44. The van der Waals surface area contributed by atoms with E-state index in [0.717, 1.165) is 16.6 Å². The van der Waals surface area contributed by atoms with Crippen molar-refractivity contribution in [2.45, 2.75) is 20.8 Å². The molecule has 31 heavy (non-hydrogen) atoms. The topological polar surface area (TPSA) is 83.7 Å². The number of amides is 1. The number of Topliss-reactive ketones (excluding diaryl/α,β-unsaturated/α-hetero) is 1. The van der Waals surface area contributed by atoms with E-state index < -0.39 is 0 Å². The van der Waals surface area contributed by atoms with Crippen LogP contribution >= 0.6 is 0 Å². The smallest absolute Gasteiger partial charge is 0.238 e. The molecule has 1 heterocycles. The Kier molecular flexibility index (Phi) is 7.31. The Morgan fingerprint density at radius 3 is 2.45 bits per heavy atom. The highest BCUT2D eigenvalue weighted by Crippen LogP contribution is 2.30.